The molecule has 0 aromatic heterocycles. The highest BCUT2D eigenvalue weighted by atomic mass is 35.5. The molecule has 20 heavy (non-hydrogen) atoms. The Bertz CT molecular complexity index is 334. The maximum Gasteiger partial charge on any atom is 0.223 e. The van der Waals surface area contributed by atoms with E-state index in [9.17, 15) is 9.90 Å². The van der Waals surface area contributed by atoms with Crippen LogP contribution in [-0.4, -0.2) is 36.8 Å². The van der Waals surface area contributed by atoms with E-state index in [2.05, 4.69) is 10.6 Å². The molecule has 2 aliphatic carbocycles. The second-order valence-electron chi connectivity index (χ2n) is 6.63. The summed E-state index contributed by atoms with van der Waals surface area (Å²) in [5.74, 6) is 2.16. The van der Waals surface area contributed by atoms with Gasteiger partial charge < -0.3 is 15.7 Å². The smallest absolute Gasteiger partial charge is 0.223 e. The lowest BCUT2D eigenvalue weighted by Crippen LogP contribution is -2.35. The van der Waals surface area contributed by atoms with Crippen LogP contribution < -0.4 is 10.6 Å². The van der Waals surface area contributed by atoms with Crippen molar-refractivity contribution < 1.29 is 9.90 Å². The lowest BCUT2D eigenvalue weighted by Gasteiger charge is -2.21. The van der Waals surface area contributed by atoms with Gasteiger partial charge in [0.25, 0.3) is 0 Å². The fourth-order valence-electron chi connectivity index (χ4n) is 3.89. The zero-order valence-electron chi connectivity index (χ0n) is 12.0. The second-order valence-corrected chi connectivity index (χ2v) is 6.63. The van der Waals surface area contributed by atoms with Crippen LogP contribution in [0.2, 0.25) is 0 Å². The van der Waals surface area contributed by atoms with Gasteiger partial charge in [-0.1, -0.05) is 32.1 Å². The minimum absolute atomic E-state index is 0. The highest BCUT2D eigenvalue weighted by Gasteiger charge is 2.47. The van der Waals surface area contributed by atoms with E-state index >= 15 is 0 Å². The van der Waals surface area contributed by atoms with Crippen molar-refractivity contribution >= 4 is 18.3 Å². The molecule has 0 aromatic rings. The molecule has 0 aromatic carbocycles. The molecule has 1 aliphatic heterocycles. The molecule has 0 radical (unpaired) electrons. The van der Waals surface area contributed by atoms with Crippen molar-refractivity contribution in [2.75, 3.05) is 19.6 Å². The molecule has 0 spiro atoms. The van der Waals surface area contributed by atoms with Crippen LogP contribution in [0.5, 0.6) is 0 Å². The van der Waals surface area contributed by atoms with Crippen molar-refractivity contribution in [3.63, 3.8) is 0 Å². The number of hydrogen-bond acceptors (Lipinski definition) is 3. The van der Waals surface area contributed by atoms with Crippen molar-refractivity contribution in [2.24, 2.45) is 23.7 Å². The molecule has 3 N–H and O–H groups in total. The summed E-state index contributed by atoms with van der Waals surface area (Å²) in [4.78, 5) is 12.1. The first-order valence-electron chi connectivity index (χ1n) is 7.92. The summed E-state index contributed by atoms with van der Waals surface area (Å²) < 4.78 is 0. The Labute approximate surface area is 127 Å². The Hall–Kier alpha value is -0.320. The van der Waals surface area contributed by atoms with Gasteiger partial charge in [-0.2, -0.15) is 0 Å². The van der Waals surface area contributed by atoms with Crippen LogP contribution in [0.4, 0.5) is 0 Å². The molecular formula is C15H27ClN2O2. The molecular weight excluding hydrogens is 276 g/mol. The van der Waals surface area contributed by atoms with E-state index < -0.39 is 0 Å². The first kappa shape index (κ1) is 16.1. The molecule has 2 saturated carbocycles. The van der Waals surface area contributed by atoms with Crippen LogP contribution in [0.15, 0.2) is 0 Å². The molecule has 3 aliphatic rings. The van der Waals surface area contributed by atoms with E-state index in [4.69, 9.17) is 0 Å². The number of carbonyl (C=O) groups is 1. The van der Waals surface area contributed by atoms with Crippen molar-refractivity contribution in [2.45, 2.75) is 44.6 Å². The van der Waals surface area contributed by atoms with Crippen molar-refractivity contribution in [1.82, 2.24) is 10.6 Å². The molecule has 0 bridgehead atoms. The Balaban J connectivity index is 0.00000147. The normalized spacial score (nSPS) is 37.2. The Morgan fingerprint density at radius 3 is 2.60 bits per heavy atom. The summed E-state index contributed by atoms with van der Waals surface area (Å²) >= 11 is 0. The van der Waals surface area contributed by atoms with Crippen LogP contribution in [0.25, 0.3) is 0 Å². The van der Waals surface area contributed by atoms with Crippen molar-refractivity contribution in [3.8, 4) is 0 Å². The average molecular weight is 303 g/mol. The first-order valence-corrected chi connectivity index (χ1v) is 7.92. The topological polar surface area (TPSA) is 61.4 Å². The summed E-state index contributed by atoms with van der Waals surface area (Å²) in [5, 5.41) is 15.9. The van der Waals surface area contributed by atoms with E-state index in [-0.39, 0.29) is 36.3 Å². The summed E-state index contributed by atoms with van der Waals surface area (Å²) in [6.45, 7) is 2.10. The van der Waals surface area contributed by atoms with E-state index in [1.165, 1.54) is 32.1 Å². The van der Waals surface area contributed by atoms with Crippen LogP contribution in [0.3, 0.4) is 0 Å². The minimum atomic E-state index is -0.298. The Morgan fingerprint density at radius 1 is 1.20 bits per heavy atom. The van der Waals surface area contributed by atoms with Crippen molar-refractivity contribution in [3.05, 3.63) is 0 Å². The first-order chi connectivity index (χ1) is 9.25. The molecule has 4 nitrogen and oxygen atoms in total. The zero-order chi connectivity index (χ0) is 13.2. The summed E-state index contributed by atoms with van der Waals surface area (Å²) in [6, 6.07) is 0. The zero-order valence-corrected chi connectivity index (χ0v) is 12.8. The molecule has 1 saturated heterocycles. The molecule has 4 unspecified atom stereocenters. The number of aliphatic hydroxyl groups excluding tert-OH is 1. The Kier molecular flexibility index (Phi) is 5.70. The number of halogens is 1. The predicted molar refractivity (Wildman–Crippen MR) is 80.8 cm³/mol. The van der Waals surface area contributed by atoms with E-state index in [0.29, 0.717) is 19.0 Å². The maximum atomic E-state index is 12.1. The number of β-amino-alcohol motifs (C(OH)–C–C–N with tert-alkyl or cyclic N) is 1. The fourth-order valence-corrected chi connectivity index (χ4v) is 3.89. The van der Waals surface area contributed by atoms with Crippen LogP contribution in [0, 0.1) is 23.7 Å². The molecule has 1 heterocycles. The van der Waals surface area contributed by atoms with Gasteiger partial charge in [0.15, 0.2) is 0 Å². The van der Waals surface area contributed by atoms with Gasteiger partial charge in [-0.15, -0.1) is 12.4 Å². The number of carbonyl (C=O) groups excluding carboxylic acids is 1. The lowest BCUT2D eigenvalue weighted by molar-refractivity contribution is -0.123. The van der Waals surface area contributed by atoms with Gasteiger partial charge in [0, 0.05) is 31.5 Å². The molecule has 3 rings (SSSR count). The van der Waals surface area contributed by atoms with E-state index in [1.807, 2.05) is 0 Å². The highest BCUT2D eigenvalue weighted by molar-refractivity contribution is 5.85. The summed E-state index contributed by atoms with van der Waals surface area (Å²) in [5.41, 5.74) is 0. The van der Waals surface area contributed by atoms with Crippen molar-refractivity contribution in [1.29, 1.82) is 0 Å². The Morgan fingerprint density at radius 2 is 1.95 bits per heavy atom. The average Bonchev–Trinajstić information content (AvgIpc) is 3.14. The molecule has 3 fully saturated rings. The van der Waals surface area contributed by atoms with Crippen LogP contribution in [-0.2, 0) is 4.79 Å². The number of rotatable bonds is 4. The largest absolute Gasteiger partial charge is 0.391 e. The van der Waals surface area contributed by atoms with Gasteiger partial charge in [0.1, 0.15) is 0 Å². The van der Waals surface area contributed by atoms with Gasteiger partial charge in [0.05, 0.1) is 6.10 Å². The molecule has 1 amide bonds. The van der Waals surface area contributed by atoms with Gasteiger partial charge in [0.2, 0.25) is 5.91 Å². The number of aliphatic hydroxyl groups is 1. The van der Waals surface area contributed by atoms with Gasteiger partial charge >= 0.3 is 0 Å². The molecule has 4 atom stereocenters. The fraction of sp³-hybridized carbons (Fsp3) is 0.933. The standard InChI is InChI=1S/C15H26N2O2.ClH/c18-14-9-16-7-11(14)8-17-15(19)13-6-12(13)10-4-2-1-3-5-10;/h10-14,16,18H,1-9H2,(H,17,19);1H. The highest BCUT2D eigenvalue weighted by Crippen LogP contribution is 2.49. The van der Waals surface area contributed by atoms with Crippen LogP contribution >= 0.6 is 12.4 Å². The predicted octanol–water partition coefficient (Wildman–Crippen LogP) is 1.32. The lowest BCUT2D eigenvalue weighted by atomic mass is 9.85. The van der Waals surface area contributed by atoms with E-state index in [1.54, 1.807) is 0 Å². The van der Waals surface area contributed by atoms with Crippen LogP contribution in [0.1, 0.15) is 38.5 Å². The third-order valence-corrected chi connectivity index (χ3v) is 5.27. The van der Waals surface area contributed by atoms with Gasteiger partial charge in [-0.25, -0.2) is 0 Å². The SMILES string of the molecule is Cl.O=C(NCC1CNCC1O)C1CC1C1CCCCC1. The monoisotopic (exact) mass is 302 g/mol. The third-order valence-electron chi connectivity index (χ3n) is 5.27. The third kappa shape index (κ3) is 3.66. The number of amides is 1. The quantitative estimate of drug-likeness (QED) is 0.734. The van der Waals surface area contributed by atoms with Gasteiger partial charge in [-0.05, 0) is 18.3 Å². The summed E-state index contributed by atoms with van der Waals surface area (Å²) in [7, 11) is 0. The summed E-state index contributed by atoms with van der Waals surface area (Å²) in [6.07, 6.45) is 7.56. The van der Waals surface area contributed by atoms with E-state index in [0.717, 1.165) is 18.9 Å². The minimum Gasteiger partial charge on any atom is -0.391 e. The molecule has 5 heteroatoms. The molecule has 116 valence electrons. The van der Waals surface area contributed by atoms with Gasteiger partial charge in [-0.3, -0.25) is 4.79 Å². The second kappa shape index (κ2) is 7.10. The number of nitrogens with one attached hydrogen (secondary N) is 2. The maximum absolute atomic E-state index is 12.1. The number of hydrogen-bond donors (Lipinski definition) is 3.